The first kappa shape index (κ1) is 16.3. The molecule has 0 aliphatic rings. The Bertz CT molecular complexity index is 659. The lowest BCUT2D eigenvalue weighted by molar-refractivity contribution is 0.303. The van der Waals surface area contributed by atoms with Crippen molar-refractivity contribution in [2.45, 2.75) is 40.2 Å². The quantitative estimate of drug-likeness (QED) is 0.736. The maximum absolute atomic E-state index is 11.5. The normalized spacial score (nSPS) is 14.8. The summed E-state index contributed by atoms with van der Waals surface area (Å²) in [6.07, 6.45) is 1.10. The molecule has 0 aliphatic carbocycles. The average Bonchev–Trinajstić information content (AvgIpc) is 2.77. The molecule has 116 valence electrons. The van der Waals surface area contributed by atoms with E-state index >= 15 is 0 Å². The molecule has 2 unspecified atom stereocenters. The molecular weight excluding hydrogens is 330 g/mol. The number of imidazole rings is 1. The molecule has 0 aliphatic heterocycles. The van der Waals surface area contributed by atoms with Crippen LogP contribution < -0.4 is 11.0 Å². The highest BCUT2D eigenvalue weighted by atomic mass is 79.9. The van der Waals surface area contributed by atoms with Gasteiger partial charge in [0.2, 0.25) is 0 Å². The van der Waals surface area contributed by atoms with Gasteiger partial charge >= 0.3 is 5.69 Å². The van der Waals surface area contributed by atoms with Crippen LogP contribution in [0.1, 0.15) is 45.7 Å². The van der Waals surface area contributed by atoms with Crippen molar-refractivity contribution in [3.8, 4) is 0 Å². The van der Waals surface area contributed by atoms with E-state index in [9.17, 15) is 4.79 Å². The van der Waals surface area contributed by atoms with Gasteiger partial charge in [0.15, 0.2) is 0 Å². The van der Waals surface area contributed by atoms with E-state index in [2.05, 4.69) is 65.0 Å². The largest absolute Gasteiger partial charge is 0.323 e. The number of rotatable bonds is 6. The highest BCUT2D eigenvalue weighted by Gasteiger charge is 2.24. The molecule has 2 rings (SSSR count). The lowest BCUT2D eigenvalue weighted by Crippen LogP contribution is -2.30. The Labute approximate surface area is 133 Å². The predicted molar refractivity (Wildman–Crippen MR) is 91.7 cm³/mol. The minimum atomic E-state index is -0.163. The van der Waals surface area contributed by atoms with E-state index in [-0.39, 0.29) is 11.7 Å². The zero-order chi connectivity index (χ0) is 15.6. The number of aromatic amines is 2. The summed E-state index contributed by atoms with van der Waals surface area (Å²) >= 11 is 3.66. The number of hydrogen-bond donors (Lipinski definition) is 3. The molecule has 0 spiro atoms. The van der Waals surface area contributed by atoms with Gasteiger partial charge in [0.25, 0.3) is 0 Å². The Hall–Kier alpha value is -1.07. The summed E-state index contributed by atoms with van der Waals surface area (Å²) in [6, 6.07) is 4.32. The van der Waals surface area contributed by atoms with Gasteiger partial charge in [-0.2, -0.15) is 0 Å². The fourth-order valence-corrected chi connectivity index (χ4v) is 3.16. The summed E-state index contributed by atoms with van der Waals surface area (Å²) in [5.41, 5.74) is 2.73. The Balaban J connectivity index is 2.46. The molecule has 2 atom stereocenters. The summed E-state index contributed by atoms with van der Waals surface area (Å²) in [5, 5.41) is 3.65. The van der Waals surface area contributed by atoms with Gasteiger partial charge in [-0.15, -0.1) is 0 Å². The second kappa shape index (κ2) is 6.79. The minimum Gasteiger partial charge on any atom is -0.310 e. The fraction of sp³-hybridized carbons (Fsp3) is 0.562. The SMILES string of the molecule is CCCNC(c1cc2[nH]c(=O)[nH]c2cc1Br)C(C)C(C)C. The first-order valence-corrected chi connectivity index (χ1v) is 8.38. The van der Waals surface area contributed by atoms with Crippen LogP contribution in [0, 0.1) is 11.8 Å². The highest BCUT2D eigenvalue weighted by molar-refractivity contribution is 9.10. The van der Waals surface area contributed by atoms with Gasteiger partial charge in [0, 0.05) is 10.5 Å². The minimum absolute atomic E-state index is 0.163. The van der Waals surface area contributed by atoms with E-state index in [0.717, 1.165) is 28.5 Å². The van der Waals surface area contributed by atoms with Crippen molar-refractivity contribution in [1.29, 1.82) is 0 Å². The maximum atomic E-state index is 11.5. The molecule has 5 heteroatoms. The number of aromatic nitrogens is 2. The summed E-state index contributed by atoms with van der Waals surface area (Å²) in [4.78, 5) is 17.1. The van der Waals surface area contributed by atoms with Crippen molar-refractivity contribution in [2.75, 3.05) is 6.54 Å². The molecule has 0 radical (unpaired) electrons. The Morgan fingerprint density at radius 2 is 1.81 bits per heavy atom. The molecule has 1 aromatic carbocycles. The first-order chi connectivity index (χ1) is 9.93. The van der Waals surface area contributed by atoms with Gasteiger partial charge in [-0.25, -0.2) is 4.79 Å². The third-order valence-electron chi connectivity index (χ3n) is 4.16. The molecule has 1 aromatic heterocycles. The molecule has 3 N–H and O–H groups in total. The molecule has 0 saturated carbocycles. The Morgan fingerprint density at radius 3 is 2.38 bits per heavy atom. The van der Waals surface area contributed by atoms with Gasteiger partial charge in [0.1, 0.15) is 0 Å². The summed E-state index contributed by atoms with van der Waals surface area (Å²) in [7, 11) is 0. The smallest absolute Gasteiger partial charge is 0.310 e. The van der Waals surface area contributed by atoms with Crippen molar-refractivity contribution in [3.05, 3.63) is 32.7 Å². The van der Waals surface area contributed by atoms with Crippen LogP contribution >= 0.6 is 15.9 Å². The van der Waals surface area contributed by atoms with E-state index in [4.69, 9.17) is 0 Å². The van der Waals surface area contributed by atoms with Crippen LogP contribution in [0.3, 0.4) is 0 Å². The van der Waals surface area contributed by atoms with Crippen LogP contribution in [0.4, 0.5) is 0 Å². The standard InChI is InChI=1S/C16H24BrN3O/c1-5-6-18-15(10(4)9(2)3)11-7-13-14(8-12(11)17)20-16(21)19-13/h7-10,15,18H,5-6H2,1-4H3,(H2,19,20,21). The van der Waals surface area contributed by atoms with Crippen molar-refractivity contribution in [3.63, 3.8) is 0 Å². The van der Waals surface area contributed by atoms with Crippen LogP contribution in [0.15, 0.2) is 21.4 Å². The fourth-order valence-electron chi connectivity index (χ4n) is 2.57. The van der Waals surface area contributed by atoms with Crippen LogP contribution in [0.25, 0.3) is 11.0 Å². The number of H-pyrrole nitrogens is 2. The molecule has 0 saturated heterocycles. The van der Waals surface area contributed by atoms with Crippen molar-refractivity contribution in [2.24, 2.45) is 11.8 Å². The lowest BCUT2D eigenvalue weighted by atomic mass is 9.86. The average molecular weight is 354 g/mol. The summed E-state index contributed by atoms with van der Waals surface area (Å²) in [5.74, 6) is 1.07. The zero-order valence-corrected chi connectivity index (χ0v) is 14.7. The van der Waals surface area contributed by atoms with Gasteiger partial charge in [-0.1, -0.05) is 43.6 Å². The van der Waals surface area contributed by atoms with Crippen LogP contribution in [-0.4, -0.2) is 16.5 Å². The van der Waals surface area contributed by atoms with Gasteiger partial charge in [0.05, 0.1) is 11.0 Å². The van der Waals surface area contributed by atoms with Gasteiger partial charge in [-0.3, -0.25) is 0 Å². The molecule has 2 aromatic rings. The van der Waals surface area contributed by atoms with E-state index in [1.165, 1.54) is 5.56 Å². The van der Waals surface area contributed by atoms with E-state index < -0.39 is 0 Å². The highest BCUT2D eigenvalue weighted by Crippen LogP contribution is 2.34. The van der Waals surface area contributed by atoms with Crippen molar-refractivity contribution in [1.82, 2.24) is 15.3 Å². The number of nitrogens with one attached hydrogen (secondary N) is 3. The molecule has 4 nitrogen and oxygen atoms in total. The Morgan fingerprint density at radius 1 is 1.19 bits per heavy atom. The van der Waals surface area contributed by atoms with Crippen LogP contribution in [0.5, 0.6) is 0 Å². The maximum Gasteiger partial charge on any atom is 0.323 e. The first-order valence-electron chi connectivity index (χ1n) is 7.58. The molecule has 21 heavy (non-hydrogen) atoms. The lowest BCUT2D eigenvalue weighted by Gasteiger charge is -2.29. The molecule has 0 bridgehead atoms. The second-order valence-electron chi connectivity index (χ2n) is 6.03. The van der Waals surface area contributed by atoms with Gasteiger partial charge in [-0.05, 0) is 42.5 Å². The zero-order valence-electron chi connectivity index (χ0n) is 13.1. The van der Waals surface area contributed by atoms with E-state index in [1.807, 2.05) is 6.07 Å². The number of hydrogen-bond acceptors (Lipinski definition) is 2. The molecular formula is C16H24BrN3O. The third-order valence-corrected chi connectivity index (χ3v) is 4.85. The van der Waals surface area contributed by atoms with Crippen LogP contribution in [-0.2, 0) is 0 Å². The van der Waals surface area contributed by atoms with Crippen molar-refractivity contribution >= 4 is 27.0 Å². The third kappa shape index (κ3) is 3.58. The number of fused-ring (bicyclic) bond motifs is 1. The van der Waals surface area contributed by atoms with E-state index in [0.29, 0.717) is 11.8 Å². The number of halogens is 1. The summed E-state index contributed by atoms with van der Waals surface area (Å²) in [6.45, 7) is 9.92. The monoisotopic (exact) mass is 353 g/mol. The topological polar surface area (TPSA) is 60.7 Å². The second-order valence-corrected chi connectivity index (χ2v) is 6.89. The van der Waals surface area contributed by atoms with Crippen molar-refractivity contribution < 1.29 is 0 Å². The molecule has 0 amide bonds. The Kier molecular flexibility index (Phi) is 5.27. The molecule has 0 fully saturated rings. The number of benzene rings is 1. The summed E-state index contributed by atoms with van der Waals surface area (Å²) < 4.78 is 1.03. The van der Waals surface area contributed by atoms with Crippen LogP contribution in [0.2, 0.25) is 0 Å². The predicted octanol–water partition coefficient (Wildman–Crippen LogP) is 3.95. The molecule has 1 heterocycles. The van der Waals surface area contributed by atoms with Gasteiger partial charge < -0.3 is 15.3 Å². The van der Waals surface area contributed by atoms with E-state index in [1.54, 1.807) is 0 Å².